The third-order valence-corrected chi connectivity index (χ3v) is 3.04. The molecule has 18 heavy (non-hydrogen) atoms. The van der Waals surface area contributed by atoms with Gasteiger partial charge >= 0.3 is 5.97 Å². The highest BCUT2D eigenvalue weighted by atomic mass is 19.1. The lowest BCUT2D eigenvalue weighted by molar-refractivity contribution is -0.149. The van der Waals surface area contributed by atoms with Crippen molar-refractivity contribution < 1.29 is 18.7 Å². The van der Waals surface area contributed by atoms with E-state index in [1.807, 2.05) is 4.90 Å². The van der Waals surface area contributed by atoms with Gasteiger partial charge in [0.1, 0.15) is 11.9 Å². The van der Waals surface area contributed by atoms with Crippen molar-refractivity contribution in [3.8, 4) is 0 Å². The molecule has 0 spiro atoms. The molecular weight excluding hydrogens is 237 g/mol. The van der Waals surface area contributed by atoms with Gasteiger partial charge in [-0.3, -0.25) is 4.90 Å². The van der Waals surface area contributed by atoms with Crippen LogP contribution in [-0.2, 0) is 14.3 Å². The fourth-order valence-electron chi connectivity index (χ4n) is 2.12. The maximum Gasteiger partial charge on any atom is 0.327 e. The van der Waals surface area contributed by atoms with Crippen molar-refractivity contribution >= 4 is 5.97 Å². The molecule has 1 aromatic rings. The van der Waals surface area contributed by atoms with E-state index in [1.165, 1.54) is 13.2 Å². The van der Waals surface area contributed by atoms with Crippen LogP contribution in [0.25, 0.3) is 0 Å². The first-order valence-corrected chi connectivity index (χ1v) is 5.88. The number of esters is 1. The number of rotatable bonds is 3. The lowest BCUT2D eigenvalue weighted by atomic mass is 10.0. The van der Waals surface area contributed by atoms with Crippen LogP contribution in [0.5, 0.6) is 0 Å². The number of halogens is 1. The number of ether oxygens (including phenoxy) is 2. The monoisotopic (exact) mass is 253 g/mol. The Morgan fingerprint density at radius 2 is 2.06 bits per heavy atom. The molecule has 0 unspecified atom stereocenters. The van der Waals surface area contributed by atoms with Crippen LogP contribution in [-0.4, -0.2) is 44.3 Å². The van der Waals surface area contributed by atoms with Crippen LogP contribution in [0.15, 0.2) is 24.3 Å². The molecule has 1 fully saturated rings. The first kappa shape index (κ1) is 13.0. The van der Waals surface area contributed by atoms with Crippen LogP contribution in [0.4, 0.5) is 4.39 Å². The van der Waals surface area contributed by atoms with E-state index in [-0.39, 0.29) is 5.82 Å². The Bertz CT molecular complexity index is 418. The summed E-state index contributed by atoms with van der Waals surface area (Å²) in [5.41, 5.74) is 0.353. The topological polar surface area (TPSA) is 38.8 Å². The number of benzene rings is 1. The van der Waals surface area contributed by atoms with E-state index in [1.54, 1.807) is 18.2 Å². The molecule has 98 valence electrons. The van der Waals surface area contributed by atoms with Crippen LogP contribution >= 0.6 is 0 Å². The Morgan fingerprint density at radius 3 is 2.67 bits per heavy atom. The molecule has 0 aliphatic carbocycles. The summed E-state index contributed by atoms with van der Waals surface area (Å²) in [6, 6.07) is 5.60. The number of carbonyl (C=O) groups is 1. The fraction of sp³-hybridized carbons (Fsp3) is 0.462. The molecule has 0 N–H and O–H groups in total. The highest BCUT2D eigenvalue weighted by molar-refractivity contribution is 5.77. The lowest BCUT2D eigenvalue weighted by Crippen LogP contribution is -2.42. The van der Waals surface area contributed by atoms with Crippen LogP contribution in [0, 0.1) is 5.82 Å². The van der Waals surface area contributed by atoms with Gasteiger partial charge in [-0.2, -0.15) is 0 Å². The van der Waals surface area contributed by atoms with Gasteiger partial charge in [0, 0.05) is 18.7 Å². The van der Waals surface area contributed by atoms with Crippen LogP contribution in [0.2, 0.25) is 0 Å². The van der Waals surface area contributed by atoms with Gasteiger partial charge < -0.3 is 9.47 Å². The van der Waals surface area contributed by atoms with Gasteiger partial charge in [-0.05, 0) is 6.07 Å². The van der Waals surface area contributed by atoms with E-state index in [0.29, 0.717) is 31.9 Å². The number of hydrogen-bond acceptors (Lipinski definition) is 4. The van der Waals surface area contributed by atoms with Gasteiger partial charge in [0.15, 0.2) is 0 Å². The summed E-state index contributed by atoms with van der Waals surface area (Å²) in [5, 5.41) is 0. The van der Waals surface area contributed by atoms with E-state index >= 15 is 0 Å². The highest BCUT2D eigenvalue weighted by Crippen LogP contribution is 2.25. The molecule has 0 radical (unpaired) electrons. The molecule has 2 rings (SSSR count). The summed E-state index contributed by atoms with van der Waals surface area (Å²) in [7, 11) is 1.32. The molecule has 5 heteroatoms. The van der Waals surface area contributed by atoms with Crippen molar-refractivity contribution in [2.24, 2.45) is 0 Å². The zero-order valence-corrected chi connectivity index (χ0v) is 10.3. The van der Waals surface area contributed by atoms with Crippen LogP contribution in [0.3, 0.4) is 0 Å². The predicted molar refractivity (Wildman–Crippen MR) is 63.5 cm³/mol. The van der Waals surface area contributed by atoms with Gasteiger partial charge in [0.05, 0.1) is 20.3 Å². The number of hydrogen-bond donors (Lipinski definition) is 0. The lowest BCUT2D eigenvalue weighted by Gasteiger charge is -2.32. The van der Waals surface area contributed by atoms with Crippen molar-refractivity contribution in [2.45, 2.75) is 6.04 Å². The second-order valence-electron chi connectivity index (χ2n) is 4.10. The van der Waals surface area contributed by atoms with Crippen molar-refractivity contribution in [3.05, 3.63) is 35.6 Å². The quantitative estimate of drug-likeness (QED) is 0.763. The largest absolute Gasteiger partial charge is 0.468 e. The van der Waals surface area contributed by atoms with E-state index in [4.69, 9.17) is 9.47 Å². The van der Waals surface area contributed by atoms with E-state index in [9.17, 15) is 9.18 Å². The van der Waals surface area contributed by atoms with Crippen molar-refractivity contribution in [3.63, 3.8) is 0 Å². The standard InChI is InChI=1S/C13H16FNO3/c1-17-13(16)12(15-6-8-18-9-7-15)10-4-2-3-5-11(10)14/h2-5,12H,6-9H2,1H3/t12-/m0/s1. The summed E-state index contributed by atoms with van der Waals surface area (Å²) < 4.78 is 23.9. The van der Waals surface area contributed by atoms with Crippen LogP contribution in [0.1, 0.15) is 11.6 Å². The summed E-state index contributed by atoms with van der Waals surface area (Å²) in [6.07, 6.45) is 0. The minimum atomic E-state index is -0.694. The smallest absolute Gasteiger partial charge is 0.327 e. The van der Waals surface area contributed by atoms with Gasteiger partial charge in [-0.1, -0.05) is 18.2 Å². The number of carbonyl (C=O) groups excluding carboxylic acids is 1. The highest BCUT2D eigenvalue weighted by Gasteiger charge is 2.31. The molecule has 1 atom stereocenters. The maximum atomic E-state index is 13.8. The predicted octanol–water partition coefficient (Wildman–Crippen LogP) is 1.37. The summed E-state index contributed by atoms with van der Waals surface area (Å²) in [5.74, 6) is -0.832. The second kappa shape index (κ2) is 5.93. The molecule has 1 aliphatic rings. The molecule has 0 amide bonds. The molecule has 4 nitrogen and oxygen atoms in total. The molecule has 0 saturated carbocycles. The summed E-state index contributed by atoms with van der Waals surface area (Å²) >= 11 is 0. The molecule has 0 aromatic heterocycles. The molecule has 1 aliphatic heterocycles. The Labute approximate surface area is 105 Å². The zero-order valence-electron chi connectivity index (χ0n) is 10.3. The molecule has 1 saturated heterocycles. The fourth-order valence-corrected chi connectivity index (χ4v) is 2.12. The third-order valence-electron chi connectivity index (χ3n) is 3.04. The first-order chi connectivity index (χ1) is 8.74. The Hall–Kier alpha value is -1.46. The van der Waals surface area contributed by atoms with Crippen molar-refractivity contribution in [1.29, 1.82) is 0 Å². The van der Waals surface area contributed by atoms with Gasteiger partial charge in [-0.15, -0.1) is 0 Å². The minimum absolute atomic E-state index is 0.353. The average Bonchev–Trinajstić information content (AvgIpc) is 2.42. The zero-order chi connectivity index (χ0) is 13.0. The van der Waals surface area contributed by atoms with Crippen molar-refractivity contribution in [2.75, 3.05) is 33.4 Å². The van der Waals surface area contributed by atoms with Crippen LogP contribution < -0.4 is 0 Å². The van der Waals surface area contributed by atoms with E-state index < -0.39 is 12.0 Å². The number of nitrogens with zero attached hydrogens (tertiary/aromatic N) is 1. The second-order valence-corrected chi connectivity index (χ2v) is 4.10. The number of morpholine rings is 1. The Kier molecular flexibility index (Phi) is 4.28. The maximum absolute atomic E-state index is 13.8. The SMILES string of the molecule is COC(=O)[C@H](c1ccccc1F)N1CCOCC1. The Balaban J connectivity index is 2.30. The van der Waals surface area contributed by atoms with Gasteiger partial charge in [0.2, 0.25) is 0 Å². The normalized spacial score (nSPS) is 18.3. The van der Waals surface area contributed by atoms with E-state index in [0.717, 1.165) is 0 Å². The first-order valence-electron chi connectivity index (χ1n) is 5.88. The van der Waals surface area contributed by atoms with Gasteiger partial charge in [0.25, 0.3) is 0 Å². The average molecular weight is 253 g/mol. The van der Waals surface area contributed by atoms with Gasteiger partial charge in [-0.25, -0.2) is 9.18 Å². The summed E-state index contributed by atoms with van der Waals surface area (Å²) in [4.78, 5) is 13.8. The third kappa shape index (κ3) is 2.68. The Morgan fingerprint density at radius 1 is 1.39 bits per heavy atom. The minimum Gasteiger partial charge on any atom is -0.468 e. The van der Waals surface area contributed by atoms with E-state index in [2.05, 4.69) is 0 Å². The molecule has 0 bridgehead atoms. The number of methoxy groups -OCH3 is 1. The molecule has 1 aromatic carbocycles. The molecule has 1 heterocycles. The van der Waals surface area contributed by atoms with Crippen molar-refractivity contribution in [1.82, 2.24) is 4.90 Å². The molecular formula is C13H16FNO3. The summed E-state index contributed by atoms with van der Waals surface area (Å²) in [6.45, 7) is 2.27.